The van der Waals surface area contributed by atoms with Crippen molar-refractivity contribution >= 4 is 10.9 Å². The van der Waals surface area contributed by atoms with Crippen LogP contribution in [0, 0.1) is 0 Å². The van der Waals surface area contributed by atoms with Crippen LogP contribution in [0.2, 0.25) is 0 Å². The number of benzene rings is 1. The van der Waals surface area contributed by atoms with Gasteiger partial charge in [0, 0.05) is 30.8 Å². The van der Waals surface area contributed by atoms with E-state index in [9.17, 15) is 5.11 Å². The van der Waals surface area contributed by atoms with Crippen molar-refractivity contribution in [2.24, 2.45) is 0 Å². The minimum absolute atomic E-state index is 0.0458. The Morgan fingerprint density at radius 1 is 1.33 bits per heavy atom. The van der Waals surface area contributed by atoms with Crippen LogP contribution in [0.1, 0.15) is 25.3 Å². The highest BCUT2D eigenvalue weighted by atomic mass is 16.6. The van der Waals surface area contributed by atoms with Crippen molar-refractivity contribution in [2.75, 3.05) is 27.2 Å². The molecule has 0 amide bonds. The number of para-hydroxylation sites is 1. The minimum atomic E-state index is -0.863. The summed E-state index contributed by atoms with van der Waals surface area (Å²) in [5.41, 5.74) is 2.19. The van der Waals surface area contributed by atoms with Gasteiger partial charge in [-0.2, -0.15) is 0 Å². The van der Waals surface area contributed by atoms with Gasteiger partial charge < -0.3 is 24.8 Å². The van der Waals surface area contributed by atoms with Crippen LogP contribution in [0.15, 0.2) is 36.5 Å². The molecule has 2 aromatic rings. The Labute approximate surface area is 161 Å². The number of ether oxygens (including phenoxy) is 2. The number of pyridine rings is 1. The molecule has 1 fully saturated rings. The molecule has 1 aromatic heterocycles. The number of nitrogens with one attached hydrogen (secondary N) is 1. The number of rotatable bonds is 8. The number of aliphatic hydroxyl groups excluding tert-OH is 1. The molecule has 1 aliphatic rings. The van der Waals surface area contributed by atoms with Gasteiger partial charge in [-0.05, 0) is 58.1 Å². The van der Waals surface area contributed by atoms with E-state index in [1.807, 2.05) is 45.4 Å². The molecular formula is C21H31N3O3. The van der Waals surface area contributed by atoms with Crippen molar-refractivity contribution in [2.45, 2.75) is 50.8 Å². The predicted molar refractivity (Wildman–Crippen MR) is 106 cm³/mol. The molecule has 6 nitrogen and oxygen atoms in total. The van der Waals surface area contributed by atoms with E-state index in [4.69, 9.17) is 9.47 Å². The lowest BCUT2D eigenvalue weighted by atomic mass is 9.99. The number of likely N-dealkylation sites (N-methyl/N-ethyl adjacent to an activating group) is 1. The Hall–Kier alpha value is -1.57. The molecule has 1 aromatic carbocycles. The van der Waals surface area contributed by atoms with E-state index in [-0.39, 0.29) is 18.2 Å². The molecule has 0 saturated carbocycles. The normalized spacial score (nSPS) is 26.0. The summed E-state index contributed by atoms with van der Waals surface area (Å²) in [5.74, 6) is 0. The Kier molecular flexibility index (Phi) is 7.15. The Morgan fingerprint density at radius 3 is 2.96 bits per heavy atom. The maximum atomic E-state index is 10.2. The quantitative estimate of drug-likeness (QED) is 0.691. The topological polar surface area (TPSA) is 66.9 Å². The van der Waals surface area contributed by atoms with E-state index < -0.39 is 6.29 Å². The highest BCUT2D eigenvalue weighted by Gasteiger charge is 2.38. The van der Waals surface area contributed by atoms with E-state index in [0.29, 0.717) is 6.61 Å². The molecule has 2 N–H and O–H groups in total. The van der Waals surface area contributed by atoms with E-state index in [2.05, 4.69) is 27.3 Å². The molecule has 1 unspecified atom stereocenters. The van der Waals surface area contributed by atoms with Gasteiger partial charge in [-0.3, -0.25) is 4.98 Å². The molecule has 148 valence electrons. The molecule has 6 heteroatoms. The van der Waals surface area contributed by atoms with Gasteiger partial charge in [0.1, 0.15) is 6.10 Å². The van der Waals surface area contributed by atoms with Gasteiger partial charge in [0.2, 0.25) is 0 Å². The number of hydrogen-bond donors (Lipinski definition) is 2. The van der Waals surface area contributed by atoms with Gasteiger partial charge in [0.15, 0.2) is 6.29 Å². The van der Waals surface area contributed by atoms with Crippen molar-refractivity contribution < 1.29 is 14.6 Å². The summed E-state index contributed by atoms with van der Waals surface area (Å²) >= 11 is 0. The van der Waals surface area contributed by atoms with Gasteiger partial charge in [-0.1, -0.05) is 18.2 Å². The summed E-state index contributed by atoms with van der Waals surface area (Å²) < 4.78 is 11.5. The summed E-state index contributed by atoms with van der Waals surface area (Å²) in [7, 11) is 4.04. The number of fused-ring (bicyclic) bond motifs is 1. The van der Waals surface area contributed by atoms with E-state index >= 15 is 0 Å². The van der Waals surface area contributed by atoms with Crippen LogP contribution in [0.25, 0.3) is 10.9 Å². The third kappa shape index (κ3) is 5.46. The van der Waals surface area contributed by atoms with E-state index in [0.717, 1.165) is 36.8 Å². The molecule has 4 atom stereocenters. The second-order valence-electron chi connectivity index (χ2n) is 7.51. The fraction of sp³-hybridized carbons (Fsp3) is 0.571. The monoisotopic (exact) mass is 373 g/mol. The molecule has 1 aliphatic heterocycles. The number of hydrogen-bond acceptors (Lipinski definition) is 6. The number of aliphatic hydroxyl groups is 1. The standard InChI is InChI=1S/C21H31N3O3/c1-15-11-19(24(2)3)20(21(25)27-15)26-10-6-9-22-13-16-12-17-7-4-5-8-18(17)23-14-16/h4-5,7-8,12,14-15,19-22,25H,6,9-11,13H2,1-3H3/t15?,19-,20+,21+/m0/s1. The molecular weight excluding hydrogens is 342 g/mol. The highest BCUT2D eigenvalue weighted by molar-refractivity contribution is 5.78. The van der Waals surface area contributed by atoms with Crippen molar-refractivity contribution in [3.63, 3.8) is 0 Å². The van der Waals surface area contributed by atoms with Crippen LogP contribution < -0.4 is 5.32 Å². The van der Waals surface area contributed by atoms with E-state index in [1.165, 1.54) is 5.56 Å². The van der Waals surface area contributed by atoms with Crippen molar-refractivity contribution in [1.29, 1.82) is 0 Å². The maximum absolute atomic E-state index is 10.2. The van der Waals surface area contributed by atoms with Crippen LogP contribution in [0.3, 0.4) is 0 Å². The average Bonchev–Trinajstić information content (AvgIpc) is 2.65. The summed E-state index contributed by atoms with van der Waals surface area (Å²) in [6.07, 6.45) is 2.54. The zero-order valence-electron chi connectivity index (χ0n) is 16.5. The van der Waals surface area contributed by atoms with Crippen LogP contribution in [0.5, 0.6) is 0 Å². The first kappa shape index (κ1) is 20.2. The number of aromatic nitrogens is 1. The second-order valence-corrected chi connectivity index (χ2v) is 7.51. The van der Waals surface area contributed by atoms with Crippen molar-refractivity contribution in [3.05, 3.63) is 42.1 Å². The molecule has 0 radical (unpaired) electrons. The molecule has 27 heavy (non-hydrogen) atoms. The van der Waals surface area contributed by atoms with Crippen LogP contribution in [-0.2, 0) is 16.0 Å². The predicted octanol–water partition coefficient (Wildman–Crippen LogP) is 2.16. The molecule has 3 rings (SSSR count). The Balaban J connectivity index is 1.39. The lowest BCUT2D eigenvalue weighted by Crippen LogP contribution is -2.54. The summed E-state index contributed by atoms with van der Waals surface area (Å²) in [6, 6.07) is 10.5. The van der Waals surface area contributed by atoms with Crippen LogP contribution in [0.4, 0.5) is 0 Å². The van der Waals surface area contributed by atoms with E-state index in [1.54, 1.807) is 0 Å². The zero-order chi connectivity index (χ0) is 19.2. The smallest absolute Gasteiger partial charge is 0.182 e. The molecule has 2 heterocycles. The first-order valence-corrected chi connectivity index (χ1v) is 9.70. The maximum Gasteiger partial charge on any atom is 0.182 e. The highest BCUT2D eigenvalue weighted by Crippen LogP contribution is 2.24. The molecule has 0 spiro atoms. The summed E-state index contributed by atoms with van der Waals surface area (Å²) in [6.45, 7) is 4.21. The fourth-order valence-corrected chi connectivity index (χ4v) is 3.60. The van der Waals surface area contributed by atoms with Gasteiger partial charge in [0.25, 0.3) is 0 Å². The molecule has 0 bridgehead atoms. The minimum Gasteiger partial charge on any atom is -0.371 e. The molecule has 1 saturated heterocycles. The Morgan fingerprint density at radius 2 is 2.15 bits per heavy atom. The van der Waals surface area contributed by atoms with Gasteiger partial charge >= 0.3 is 0 Å². The second kappa shape index (κ2) is 9.57. The first-order valence-electron chi connectivity index (χ1n) is 9.70. The van der Waals surface area contributed by atoms with Crippen molar-refractivity contribution in [1.82, 2.24) is 15.2 Å². The third-order valence-corrected chi connectivity index (χ3v) is 5.05. The lowest BCUT2D eigenvalue weighted by Gasteiger charge is -2.41. The van der Waals surface area contributed by atoms with Crippen LogP contribution >= 0.6 is 0 Å². The third-order valence-electron chi connectivity index (χ3n) is 5.05. The number of nitrogens with zero attached hydrogens (tertiary/aromatic N) is 2. The van der Waals surface area contributed by atoms with Crippen molar-refractivity contribution in [3.8, 4) is 0 Å². The SMILES string of the molecule is CC1C[C@H](N(C)C)[C@@H](OCCCNCc2cnc3ccccc3c2)[C@H](O)O1. The summed E-state index contributed by atoms with van der Waals surface area (Å²) in [5, 5.41) is 14.8. The average molecular weight is 373 g/mol. The van der Waals surface area contributed by atoms with Gasteiger partial charge in [-0.15, -0.1) is 0 Å². The van der Waals surface area contributed by atoms with Gasteiger partial charge in [-0.25, -0.2) is 0 Å². The largest absolute Gasteiger partial charge is 0.371 e. The lowest BCUT2D eigenvalue weighted by molar-refractivity contribution is -0.243. The Bertz CT molecular complexity index is 725. The summed E-state index contributed by atoms with van der Waals surface area (Å²) in [4.78, 5) is 6.59. The first-order chi connectivity index (χ1) is 13.0. The van der Waals surface area contributed by atoms with Crippen LogP contribution in [-0.4, -0.2) is 66.8 Å². The zero-order valence-corrected chi connectivity index (χ0v) is 16.5. The fourth-order valence-electron chi connectivity index (χ4n) is 3.60. The van der Waals surface area contributed by atoms with Gasteiger partial charge in [0.05, 0.1) is 11.6 Å². The molecule has 0 aliphatic carbocycles.